The summed E-state index contributed by atoms with van der Waals surface area (Å²) in [4.78, 5) is 16.2. The largest absolute Gasteiger partial charge is 0.507 e. The van der Waals surface area contributed by atoms with E-state index < -0.39 is 0 Å². The molecule has 0 radical (unpaired) electrons. The van der Waals surface area contributed by atoms with Gasteiger partial charge in [-0.3, -0.25) is 0 Å². The van der Waals surface area contributed by atoms with Gasteiger partial charge in [0.05, 0.1) is 16.7 Å². The summed E-state index contributed by atoms with van der Waals surface area (Å²) in [5.74, 6) is 1.71. The lowest BCUT2D eigenvalue weighted by atomic mass is 10.1. The van der Waals surface area contributed by atoms with Crippen molar-refractivity contribution in [2.45, 2.75) is 25.3 Å². The van der Waals surface area contributed by atoms with Gasteiger partial charge in [-0.05, 0) is 43.2 Å². The van der Waals surface area contributed by atoms with Crippen molar-refractivity contribution in [3.63, 3.8) is 0 Å². The number of aromatic hydroxyl groups is 1. The first-order valence-electron chi connectivity index (χ1n) is 9.97. The lowest BCUT2D eigenvalue weighted by Gasteiger charge is -2.34. The number of aromatic nitrogens is 3. The van der Waals surface area contributed by atoms with E-state index in [1.165, 1.54) is 12.8 Å². The maximum absolute atomic E-state index is 10.5. The number of hydrogen-bond donors (Lipinski definition) is 2. The Kier molecular flexibility index (Phi) is 3.41. The molecule has 29 heavy (non-hydrogen) atoms. The average Bonchev–Trinajstić information content (AvgIpc) is 3.36. The van der Waals surface area contributed by atoms with Crippen molar-refractivity contribution in [1.29, 1.82) is 0 Å². The Hall–Kier alpha value is -3.19. The number of fused-ring (bicyclic) bond motifs is 2. The molecule has 1 saturated heterocycles. The first-order chi connectivity index (χ1) is 14.1. The molecule has 1 spiro atoms. The van der Waals surface area contributed by atoms with E-state index in [0.29, 0.717) is 33.8 Å². The Labute approximate surface area is 167 Å². The van der Waals surface area contributed by atoms with Gasteiger partial charge in [0.25, 0.3) is 0 Å². The minimum absolute atomic E-state index is 0.137. The Morgan fingerprint density at radius 1 is 1.03 bits per heavy atom. The molecule has 7 nitrogen and oxygen atoms in total. The average molecular weight is 387 g/mol. The zero-order chi connectivity index (χ0) is 19.6. The van der Waals surface area contributed by atoms with Crippen molar-refractivity contribution < 1.29 is 9.52 Å². The van der Waals surface area contributed by atoms with Gasteiger partial charge in [0, 0.05) is 43.7 Å². The summed E-state index contributed by atoms with van der Waals surface area (Å²) in [5, 5.41) is 14.1. The highest BCUT2D eigenvalue weighted by Gasteiger charge is 2.45. The van der Waals surface area contributed by atoms with E-state index in [4.69, 9.17) is 14.4 Å². The van der Waals surface area contributed by atoms with Crippen LogP contribution in [0.25, 0.3) is 33.4 Å². The fourth-order valence-electron chi connectivity index (χ4n) is 4.25. The number of benzene rings is 1. The smallest absolute Gasteiger partial charge is 0.192 e. The van der Waals surface area contributed by atoms with Crippen LogP contribution in [-0.2, 0) is 0 Å². The highest BCUT2D eigenvalue weighted by molar-refractivity contribution is 5.86. The molecule has 146 valence electrons. The highest BCUT2D eigenvalue weighted by atomic mass is 16.3. The number of phenolic OH excluding ortho intramolecular Hbond substituents is 1. The summed E-state index contributed by atoms with van der Waals surface area (Å²) < 4.78 is 5.60. The monoisotopic (exact) mass is 387 g/mol. The molecule has 1 aliphatic carbocycles. The normalized spacial score (nSPS) is 18.0. The molecule has 7 heteroatoms. The molecule has 2 fully saturated rings. The van der Waals surface area contributed by atoms with Crippen molar-refractivity contribution >= 4 is 28.0 Å². The molecule has 0 unspecified atom stereocenters. The van der Waals surface area contributed by atoms with Crippen LogP contribution < -0.4 is 10.2 Å². The number of piperazine rings is 1. The van der Waals surface area contributed by atoms with Crippen LogP contribution in [0.4, 0.5) is 5.82 Å². The summed E-state index contributed by atoms with van der Waals surface area (Å²) >= 11 is 0. The van der Waals surface area contributed by atoms with E-state index in [1.54, 1.807) is 19.1 Å². The van der Waals surface area contributed by atoms with E-state index in [9.17, 15) is 5.11 Å². The van der Waals surface area contributed by atoms with Crippen LogP contribution in [0.15, 0.2) is 40.8 Å². The third kappa shape index (κ3) is 2.81. The Bertz CT molecular complexity index is 1260. The van der Waals surface area contributed by atoms with Crippen LogP contribution in [0.3, 0.4) is 0 Å². The third-order valence-electron chi connectivity index (χ3n) is 5.97. The minimum Gasteiger partial charge on any atom is -0.507 e. The van der Waals surface area contributed by atoms with Crippen molar-refractivity contribution in [3.05, 3.63) is 42.3 Å². The maximum Gasteiger partial charge on any atom is 0.192 e. The quantitative estimate of drug-likeness (QED) is 0.545. The minimum atomic E-state index is 0.137. The third-order valence-corrected chi connectivity index (χ3v) is 5.97. The van der Waals surface area contributed by atoms with Crippen LogP contribution in [0, 0.1) is 6.92 Å². The van der Waals surface area contributed by atoms with Gasteiger partial charge in [-0.1, -0.05) is 0 Å². The van der Waals surface area contributed by atoms with Crippen molar-refractivity contribution in [3.8, 4) is 17.0 Å². The van der Waals surface area contributed by atoms with E-state index in [-0.39, 0.29) is 5.75 Å². The van der Waals surface area contributed by atoms with Gasteiger partial charge in [-0.25, -0.2) is 15.0 Å². The number of phenols is 1. The lowest BCUT2D eigenvalue weighted by molar-refractivity contribution is 0.440. The molecule has 0 bridgehead atoms. The molecule has 2 aliphatic rings. The standard InChI is InChI=1S/C22H21N5O2/c1-13-24-18-11-19(28)14(10-20(18)29-13)15-2-3-17-16(25-15)4-5-21(26-17)27-9-8-23-22(12-27)6-7-22/h2-5,10-11,23,28H,6-9,12H2,1H3. The second kappa shape index (κ2) is 5.90. The number of hydrogen-bond acceptors (Lipinski definition) is 7. The van der Waals surface area contributed by atoms with Crippen LogP contribution in [0.2, 0.25) is 0 Å². The molecule has 6 rings (SSSR count). The molecule has 2 N–H and O–H groups in total. The predicted molar refractivity (Wildman–Crippen MR) is 111 cm³/mol. The van der Waals surface area contributed by atoms with Gasteiger partial charge < -0.3 is 19.7 Å². The van der Waals surface area contributed by atoms with Gasteiger partial charge in [0.1, 0.15) is 17.1 Å². The molecule has 1 aromatic carbocycles. The first kappa shape index (κ1) is 16.7. The SMILES string of the molecule is Cc1nc2cc(O)c(-c3ccc4nc(N5CCNC6(CC6)C5)ccc4n3)cc2o1. The predicted octanol–water partition coefficient (Wildman–Crippen LogP) is 3.39. The molecule has 4 aromatic rings. The first-order valence-corrected chi connectivity index (χ1v) is 9.97. The second-order valence-electron chi connectivity index (χ2n) is 8.10. The summed E-state index contributed by atoms with van der Waals surface area (Å²) in [5.41, 5.74) is 4.55. The fraction of sp³-hybridized carbons (Fsp3) is 0.318. The summed E-state index contributed by atoms with van der Waals surface area (Å²) in [6.45, 7) is 4.77. The molecular formula is C22H21N5O2. The van der Waals surface area contributed by atoms with E-state index in [0.717, 1.165) is 36.5 Å². The molecule has 0 atom stereocenters. The lowest BCUT2D eigenvalue weighted by Crippen LogP contribution is -2.52. The maximum atomic E-state index is 10.5. The van der Waals surface area contributed by atoms with Crippen LogP contribution >= 0.6 is 0 Å². The molecular weight excluding hydrogens is 366 g/mol. The molecule has 3 aromatic heterocycles. The number of aryl methyl sites for hydroxylation is 1. The Balaban J connectivity index is 1.37. The van der Waals surface area contributed by atoms with E-state index >= 15 is 0 Å². The van der Waals surface area contributed by atoms with Crippen LogP contribution in [0.5, 0.6) is 5.75 Å². The number of nitrogens with one attached hydrogen (secondary N) is 1. The van der Waals surface area contributed by atoms with E-state index in [1.807, 2.05) is 24.3 Å². The van der Waals surface area contributed by atoms with Crippen LogP contribution in [-0.4, -0.2) is 45.2 Å². The number of oxazole rings is 1. The highest BCUT2D eigenvalue weighted by Crippen LogP contribution is 2.39. The number of anilines is 1. The summed E-state index contributed by atoms with van der Waals surface area (Å²) in [6, 6.07) is 11.3. The fourth-order valence-corrected chi connectivity index (χ4v) is 4.25. The molecule has 0 amide bonds. The second-order valence-corrected chi connectivity index (χ2v) is 8.10. The van der Waals surface area contributed by atoms with Crippen molar-refractivity contribution in [2.24, 2.45) is 0 Å². The van der Waals surface area contributed by atoms with Gasteiger partial charge in [0.2, 0.25) is 0 Å². The van der Waals surface area contributed by atoms with Crippen molar-refractivity contribution in [1.82, 2.24) is 20.3 Å². The van der Waals surface area contributed by atoms with Gasteiger partial charge >= 0.3 is 0 Å². The van der Waals surface area contributed by atoms with Gasteiger partial charge in [0.15, 0.2) is 11.5 Å². The summed E-state index contributed by atoms with van der Waals surface area (Å²) in [7, 11) is 0. The zero-order valence-electron chi connectivity index (χ0n) is 16.1. The summed E-state index contributed by atoms with van der Waals surface area (Å²) in [6.07, 6.45) is 2.50. The van der Waals surface area contributed by atoms with Crippen LogP contribution in [0.1, 0.15) is 18.7 Å². The molecule has 4 heterocycles. The zero-order valence-corrected chi connectivity index (χ0v) is 16.1. The number of rotatable bonds is 2. The van der Waals surface area contributed by atoms with Gasteiger partial charge in [-0.15, -0.1) is 0 Å². The van der Waals surface area contributed by atoms with Gasteiger partial charge in [-0.2, -0.15) is 0 Å². The van der Waals surface area contributed by atoms with Crippen molar-refractivity contribution in [2.75, 3.05) is 24.5 Å². The Morgan fingerprint density at radius 3 is 2.72 bits per heavy atom. The Morgan fingerprint density at radius 2 is 1.86 bits per heavy atom. The molecule has 1 saturated carbocycles. The van der Waals surface area contributed by atoms with E-state index in [2.05, 4.69) is 15.2 Å². The molecule has 1 aliphatic heterocycles. The number of pyridine rings is 2. The number of nitrogens with zero attached hydrogens (tertiary/aromatic N) is 4. The topological polar surface area (TPSA) is 87.3 Å².